The number of carboxylic acids is 1. The minimum atomic E-state index is -1.45. The lowest BCUT2D eigenvalue weighted by atomic mass is 9.98. The molecular weight excluding hydrogens is 493 g/mol. The molecule has 36 heavy (non-hydrogen) atoms. The van der Waals surface area contributed by atoms with Gasteiger partial charge in [-0.2, -0.15) is 4.37 Å². The highest BCUT2D eigenvalue weighted by molar-refractivity contribution is 7.08. The molecule has 0 bridgehead atoms. The van der Waals surface area contributed by atoms with Crippen LogP contribution < -0.4 is 20.4 Å². The average molecular weight is 511 g/mol. The first-order valence-electron chi connectivity index (χ1n) is 10.6. The predicted octanol–water partition coefficient (Wildman–Crippen LogP) is 1.86. The summed E-state index contributed by atoms with van der Waals surface area (Å²) in [5, 5.41) is 12.3. The summed E-state index contributed by atoms with van der Waals surface area (Å²) in [6, 6.07) is 3.28. The molecule has 4 aromatic heterocycles. The standard InChI is InChI=1S/C22H18FN7O5S/c1-10-15-17(31)13(21(33)34)8-30(22-25-9-26-36-22)18(15)28-19(16(10)23)29-6-11(7-29)20(32)27-14-4-3-12(35-2)5-24-14/h3-5,8-9,11H,6-7H2,1-2H3,(H,33,34)(H,24,27,32). The van der Waals surface area contributed by atoms with Gasteiger partial charge in [0.15, 0.2) is 17.3 Å². The van der Waals surface area contributed by atoms with Gasteiger partial charge in [-0.05, 0) is 19.1 Å². The Morgan fingerprint density at radius 1 is 1.28 bits per heavy atom. The third kappa shape index (κ3) is 3.90. The molecule has 1 fully saturated rings. The molecule has 4 aromatic rings. The van der Waals surface area contributed by atoms with E-state index in [1.165, 1.54) is 31.1 Å². The minimum Gasteiger partial charge on any atom is -0.495 e. The Balaban J connectivity index is 1.47. The van der Waals surface area contributed by atoms with E-state index in [-0.39, 0.29) is 46.5 Å². The number of hydrogen-bond donors (Lipinski definition) is 2. The highest BCUT2D eigenvalue weighted by Gasteiger charge is 2.36. The average Bonchev–Trinajstić information content (AvgIpc) is 3.36. The van der Waals surface area contributed by atoms with Crippen molar-refractivity contribution in [3.05, 3.63) is 58.0 Å². The van der Waals surface area contributed by atoms with Gasteiger partial charge in [-0.15, -0.1) is 0 Å². The van der Waals surface area contributed by atoms with Gasteiger partial charge >= 0.3 is 5.97 Å². The van der Waals surface area contributed by atoms with E-state index in [1.54, 1.807) is 17.0 Å². The van der Waals surface area contributed by atoms with Crippen LogP contribution in [0.3, 0.4) is 0 Å². The van der Waals surface area contributed by atoms with Crippen LogP contribution in [0.25, 0.3) is 16.2 Å². The molecule has 0 aliphatic carbocycles. The van der Waals surface area contributed by atoms with Gasteiger partial charge in [-0.3, -0.25) is 14.2 Å². The fraction of sp³-hybridized carbons (Fsp3) is 0.227. The summed E-state index contributed by atoms with van der Waals surface area (Å²) in [5.74, 6) is -2.07. The molecule has 5 rings (SSSR count). The Morgan fingerprint density at radius 3 is 2.67 bits per heavy atom. The van der Waals surface area contributed by atoms with Crippen molar-refractivity contribution >= 4 is 46.1 Å². The van der Waals surface area contributed by atoms with Crippen molar-refractivity contribution in [2.75, 3.05) is 30.4 Å². The van der Waals surface area contributed by atoms with Crippen molar-refractivity contribution in [1.29, 1.82) is 0 Å². The Labute approximate surface area is 206 Å². The number of carbonyl (C=O) groups excluding carboxylic acids is 1. The number of carboxylic acid groups (broad SMARTS) is 1. The fourth-order valence-corrected chi connectivity index (χ4v) is 4.39. The molecule has 0 radical (unpaired) electrons. The summed E-state index contributed by atoms with van der Waals surface area (Å²) in [5.41, 5.74) is -1.38. The molecule has 1 aliphatic rings. The molecule has 0 aromatic carbocycles. The van der Waals surface area contributed by atoms with Crippen LogP contribution in [0.2, 0.25) is 0 Å². The van der Waals surface area contributed by atoms with E-state index < -0.39 is 28.7 Å². The number of fused-ring (bicyclic) bond motifs is 1. The number of nitrogens with one attached hydrogen (secondary N) is 1. The predicted molar refractivity (Wildman–Crippen MR) is 128 cm³/mol. The molecule has 1 aliphatic heterocycles. The van der Waals surface area contributed by atoms with E-state index in [0.717, 1.165) is 17.7 Å². The Bertz CT molecular complexity index is 1550. The van der Waals surface area contributed by atoms with Gasteiger partial charge in [-0.25, -0.2) is 24.1 Å². The van der Waals surface area contributed by atoms with Gasteiger partial charge in [0.05, 0.1) is 24.6 Å². The van der Waals surface area contributed by atoms with E-state index >= 15 is 4.39 Å². The molecule has 2 N–H and O–H groups in total. The van der Waals surface area contributed by atoms with E-state index in [2.05, 4.69) is 24.6 Å². The molecule has 0 unspecified atom stereocenters. The Kier molecular flexibility index (Phi) is 5.80. The Morgan fingerprint density at radius 2 is 2.06 bits per heavy atom. The zero-order chi connectivity index (χ0) is 25.6. The maximum Gasteiger partial charge on any atom is 0.341 e. The first kappa shape index (κ1) is 23.3. The summed E-state index contributed by atoms with van der Waals surface area (Å²) in [4.78, 5) is 51.3. The highest BCUT2D eigenvalue weighted by atomic mass is 32.1. The van der Waals surface area contributed by atoms with Crippen molar-refractivity contribution in [2.24, 2.45) is 5.92 Å². The fourth-order valence-electron chi connectivity index (χ4n) is 3.88. The normalized spacial score (nSPS) is 13.5. The zero-order valence-corrected chi connectivity index (χ0v) is 19.7. The van der Waals surface area contributed by atoms with Crippen LogP contribution >= 0.6 is 11.5 Å². The molecule has 0 atom stereocenters. The molecule has 184 valence electrons. The third-order valence-corrected chi connectivity index (χ3v) is 6.52. The second-order valence-corrected chi connectivity index (χ2v) is 8.78. The number of aromatic carboxylic acids is 1. The maximum absolute atomic E-state index is 15.4. The number of aryl methyl sites for hydroxylation is 1. The van der Waals surface area contributed by atoms with Crippen LogP contribution in [0.15, 0.2) is 35.6 Å². The molecule has 5 heterocycles. The molecular formula is C22H18FN7O5S. The van der Waals surface area contributed by atoms with Crippen LogP contribution in [0.4, 0.5) is 16.0 Å². The largest absolute Gasteiger partial charge is 0.495 e. The van der Waals surface area contributed by atoms with Crippen LogP contribution in [0, 0.1) is 18.7 Å². The van der Waals surface area contributed by atoms with Crippen LogP contribution in [0.5, 0.6) is 5.75 Å². The second kappa shape index (κ2) is 8.96. The monoisotopic (exact) mass is 511 g/mol. The zero-order valence-electron chi connectivity index (χ0n) is 18.9. The van der Waals surface area contributed by atoms with E-state index in [4.69, 9.17) is 4.74 Å². The number of aromatic nitrogens is 5. The minimum absolute atomic E-state index is 0.0447. The molecule has 0 saturated carbocycles. The molecule has 1 amide bonds. The third-order valence-electron chi connectivity index (χ3n) is 5.86. The number of rotatable bonds is 6. The first-order chi connectivity index (χ1) is 17.3. The quantitative estimate of drug-likeness (QED) is 0.392. The van der Waals surface area contributed by atoms with E-state index in [1.807, 2.05) is 0 Å². The second-order valence-electron chi connectivity index (χ2n) is 8.02. The van der Waals surface area contributed by atoms with Gasteiger partial charge in [0.2, 0.25) is 16.5 Å². The number of carbonyl (C=O) groups is 2. The Hall–Kier alpha value is -4.46. The molecule has 0 spiro atoms. The lowest BCUT2D eigenvalue weighted by molar-refractivity contribution is -0.120. The number of nitrogens with zero attached hydrogens (tertiary/aromatic N) is 6. The number of anilines is 2. The number of methoxy groups -OCH3 is 1. The van der Waals surface area contributed by atoms with Gasteiger partial charge in [0.25, 0.3) is 0 Å². The van der Waals surface area contributed by atoms with Crippen molar-refractivity contribution in [3.63, 3.8) is 0 Å². The van der Waals surface area contributed by atoms with Crippen molar-refractivity contribution in [2.45, 2.75) is 6.92 Å². The smallest absolute Gasteiger partial charge is 0.341 e. The number of amides is 1. The number of pyridine rings is 3. The summed E-state index contributed by atoms with van der Waals surface area (Å²) >= 11 is 0.961. The van der Waals surface area contributed by atoms with Gasteiger partial charge in [0, 0.05) is 36.4 Å². The molecule has 12 nitrogen and oxygen atoms in total. The van der Waals surface area contributed by atoms with E-state index in [0.29, 0.717) is 11.6 Å². The number of hydrogen-bond acceptors (Lipinski definition) is 10. The van der Waals surface area contributed by atoms with Crippen molar-refractivity contribution in [3.8, 4) is 10.9 Å². The summed E-state index contributed by atoms with van der Waals surface area (Å²) in [6.45, 7) is 1.76. The summed E-state index contributed by atoms with van der Waals surface area (Å²) in [6.07, 6.45) is 3.86. The topological polar surface area (TPSA) is 152 Å². The summed E-state index contributed by atoms with van der Waals surface area (Å²) in [7, 11) is 1.51. The SMILES string of the molecule is COc1ccc(NC(=O)C2CN(c3nc4c(c(C)c3F)c(=O)c(C(=O)O)cn4-c3ncns3)C2)nc1. The van der Waals surface area contributed by atoms with Gasteiger partial charge in [-0.1, -0.05) is 0 Å². The maximum atomic E-state index is 15.4. The van der Waals surface area contributed by atoms with Gasteiger partial charge in [0.1, 0.15) is 23.5 Å². The lowest BCUT2D eigenvalue weighted by Crippen LogP contribution is -2.53. The van der Waals surface area contributed by atoms with Crippen molar-refractivity contribution in [1.82, 2.24) is 23.9 Å². The molecule has 14 heteroatoms. The van der Waals surface area contributed by atoms with Crippen LogP contribution in [-0.4, -0.2) is 61.1 Å². The first-order valence-corrected chi connectivity index (χ1v) is 11.4. The number of halogens is 1. The van der Waals surface area contributed by atoms with Crippen molar-refractivity contribution < 1.29 is 23.8 Å². The van der Waals surface area contributed by atoms with Crippen LogP contribution in [0.1, 0.15) is 15.9 Å². The van der Waals surface area contributed by atoms with E-state index in [9.17, 15) is 19.5 Å². The lowest BCUT2D eigenvalue weighted by Gasteiger charge is -2.39. The summed E-state index contributed by atoms with van der Waals surface area (Å²) < 4.78 is 25.7. The van der Waals surface area contributed by atoms with Gasteiger partial charge < -0.3 is 20.1 Å². The highest BCUT2D eigenvalue weighted by Crippen LogP contribution is 2.31. The molecule has 1 saturated heterocycles. The van der Waals surface area contributed by atoms with Crippen LogP contribution in [-0.2, 0) is 4.79 Å². The number of ether oxygens (including phenoxy) is 1.